The van der Waals surface area contributed by atoms with E-state index >= 15 is 0 Å². The fraction of sp³-hybridized carbons (Fsp3) is 0.607. The van der Waals surface area contributed by atoms with Crippen LogP contribution in [0.25, 0.3) is 22.4 Å². The number of hydrogen-bond acceptors (Lipinski definition) is 7. The molecule has 1 aromatic carbocycles. The van der Waals surface area contributed by atoms with Crippen molar-refractivity contribution in [3.05, 3.63) is 36.7 Å². The molecule has 1 aliphatic rings. The number of fused-ring (bicyclic) bond motifs is 1. The van der Waals surface area contributed by atoms with Gasteiger partial charge in [0, 0.05) is 12.0 Å². The molecule has 0 spiro atoms. The molecular formula is C28H45N5O3Si2. The molecule has 10 heteroatoms. The number of ether oxygens (including phenoxy) is 1. The SMILES string of the molecule is CC(C)(C)[Si](C)(C)OCC1OC(n2cnc3c(-c4ccccc4)nc(N)nc32)CC1O[Si](C)(C)C(C)(C)C. The van der Waals surface area contributed by atoms with E-state index in [1.807, 2.05) is 34.9 Å². The summed E-state index contributed by atoms with van der Waals surface area (Å²) in [6.45, 7) is 23.2. The Morgan fingerprint density at radius 3 is 2.21 bits per heavy atom. The molecule has 4 rings (SSSR count). The third kappa shape index (κ3) is 5.74. The second-order valence-electron chi connectivity index (χ2n) is 13.5. The van der Waals surface area contributed by atoms with Crippen LogP contribution >= 0.6 is 0 Å². The molecule has 2 N–H and O–H groups in total. The molecule has 208 valence electrons. The maximum atomic E-state index is 6.94. The van der Waals surface area contributed by atoms with Gasteiger partial charge in [0.15, 0.2) is 22.3 Å². The van der Waals surface area contributed by atoms with Gasteiger partial charge in [-0.2, -0.15) is 4.98 Å². The van der Waals surface area contributed by atoms with E-state index in [1.165, 1.54) is 0 Å². The Morgan fingerprint density at radius 2 is 1.61 bits per heavy atom. The Bertz CT molecular complexity index is 1270. The minimum Gasteiger partial charge on any atom is -0.414 e. The lowest BCUT2D eigenvalue weighted by molar-refractivity contribution is -0.0383. The zero-order valence-corrected chi connectivity index (χ0v) is 26.7. The lowest BCUT2D eigenvalue weighted by Gasteiger charge is -2.40. The number of hydrogen-bond donors (Lipinski definition) is 1. The summed E-state index contributed by atoms with van der Waals surface area (Å²) in [7, 11) is -4.01. The summed E-state index contributed by atoms with van der Waals surface area (Å²) >= 11 is 0. The number of aromatic nitrogens is 4. The number of nitrogens with two attached hydrogens (primary N) is 1. The van der Waals surface area contributed by atoms with Crippen LogP contribution in [0.3, 0.4) is 0 Å². The summed E-state index contributed by atoms with van der Waals surface area (Å²) in [5, 5.41) is 0.202. The molecule has 8 nitrogen and oxygen atoms in total. The average Bonchev–Trinajstić information content (AvgIpc) is 3.39. The van der Waals surface area contributed by atoms with Gasteiger partial charge < -0.3 is 19.3 Å². The normalized spacial score (nSPS) is 21.4. The zero-order chi connectivity index (χ0) is 28.1. The summed E-state index contributed by atoms with van der Waals surface area (Å²) in [6, 6.07) is 9.94. The standard InChI is InChI=1S/C28H45N5O3Si2/c1-27(2,3)37(7,8)34-17-21-20(36-38(9,10)28(4,5)6)16-22(35-21)33-18-30-24-23(19-14-12-11-13-15-19)31-26(29)32-25(24)33/h11-15,18,20-22H,16-17H2,1-10H3,(H2,29,31,32). The van der Waals surface area contributed by atoms with Gasteiger partial charge in [0.2, 0.25) is 5.95 Å². The quantitative estimate of drug-likeness (QED) is 0.321. The Hall–Kier alpha value is -2.12. The number of imidazole rings is 1. The second kappa shape index (κ2) is 10.1. The van der Waals surface area contributed by atoms with Crippen molar-refractivity contribution < 1.29 is 13.6 Å². The average molecular weight is 556 g/mol. The van der Waals surface area contributed by atoms with Gasteiger partial charge in [0.1, 0.15) is 23.5 Å². The molecule has 1 aliphatic heterocycles. The van der Waals surface area contributed by atoms with Crippen LogP contribution < -0.4 is 5.73 Å². The van der Waals surface area contributed by atoms with E-state index in [4.69, 9.17) is 24.3 Å². The molecule has 1 saturated heterocycles. The smallest absolute Gasteiger partial charge is 0.222 e. The van der Waals surface area contributed by atoms with Crippen LogP contribution in [0.15, 0.2) is 36.7 Å². The number of nitrogens with zero attached hydrogens (tertiary/aromatic N) is 4. The van der Waals surface area contributed by atoms with Crippen molar-refractivity contribution in [2.24, 2.45) is 0 Å². The fourth-order valence-corrected chi connectivity index (χ4v) is 6.52. The van der Waals surface area contributed by atoms with Gasteiger partial charge in [0.25, 0.3) is 0 Å². The van der Waals surface area contributed by atoms with E-state index in [2.05, 4.69) is 77.7 Å². The monoisotopic (exact) mass is 555 g/mol. The predicted octanol–water partition coefficient (Wildman–Crippen LogP) is 6.78. The van der Waals surface area contributed by atoms with Crippen molar-refractivity contribution in [3.63, 3.8) is 0 Å². The molecule has 0 saturated carbocycles. The molecule has 0 bridgehead atoms. The summed E-state index contributed by atoms with van der Waals surface area (Å²) in [6.07, 6.45) is 1.91. The number of nitrogen functional groups attached to an aromatic ring is 1. The zero-order valence-electron chi connectivity index (χ0n) is 24.7. The molecule has 0 aliphatic carbocycles. The maximum Gasteiger partial charge on any atom is 0.222 e. The van der Waals surface area contributed by atoms with E-state index in [-0.39, 0.29) is 34.5 Å². The molecule has 38 heavy (non-hydrogen) atoms. The summed E-state index contributed by atoms with van der Waals surface area (Å²) in [5.74, 6) is 0.211. The number of rotatable bonds is 7. The van der Waals surface area contributed by atoms with Gasteiger partial charge in [-0.3, -0.25) is 4.57 Å². The lowest BCUT2D eigenvalue weighted by Crippen LogP contribution is -2.48. The van der Waals surface area contributed by atoms with Crippen molar-refractivity contribution in [2.45, 2.75) is 103 Å². The molecule has 3 atom stereocenters. The first-order chi connectivity index (χ1) is 17.5. The highest BCUT2D eigenvalue weighted by atomic mass is 28.4. The predicted molar refractivity (Wildman–Crippen MR) is 159 cm³/mol. The maximum absolute atomic E-state index is 6.94. The number of benzene rings is 1. The fourth-order valence-electron chi connectivity index (χ4n) is 4.15. The molecule has 0 radical (unpaired) electrons. The Labute approximate surface area is 229 Å². The van der Waals surface area contributed by atoms with E-state index in [0.717, 1.165) is 11.3 Å². The van der Waals surface area contributed by atoms with Crippen molar-refractivity contribution in [1.29, 1.82) is 0 Å². The first kappa shape index (κ1) is 28.9. The Kier molecular flexibility index (Phi) is 7.70. The lowest BCUT2D eigenvalue weighted by atomic mass is 10.1. The molecule has 0 amide bonds. The Balaban J connectivity index is 1.67. The molecule has 3 heterocycles. The second-order valence-corrected chi connectivity index (χ2v) is 23.0. The third-order valence-corrected chi connectivity index (χ3v) is 17.6. The van der Waals surface area contributed by atoms with Crippen LogP contribution in [0.4, 0.5) is 5.95 Å². The van der Waals surface area contributed by atoms with Crippen molar-refractivity contribution in [3.8, 4) is 11.3 Å². The van der Waals surface area contributed by atoms with Crippen LogP contribution in [0.1, 0.15) is 54.2 Å². The summed E-state index contributed by atoms with van der Waals surface area (Å²) in [4.78, 5) is 13.8. The van der Waals surface area contributed by atoms with Gasteiger partial charge in [-0.1, -0.05) is 71.9 Å². The van der Waals surface area contributed by atoms with Crippen LogP contribution in [-0.4, -0.2) is 55.0 Å². The van der Waals surface area contributed by atoms with Crippen LogP contribution in [0.2, 0.25) is 36.3 Å². The van der Waals surface area contributed by atoms with Gasteiger partial charge in [-0.25, -0.2) is 9.97 Å². The largest absolute Gasteiger partial charge is 0.414 e. The first-order valence-electron chi connectivity index (χ1n) is 13.5. The highest BCUT2D eigenvalue weighted by Gasteiger charge is 2.47. The van der Waals surface area contributed by atoms with Crippen molar-refractivity contribution >= 4 is 33.7 Å². The molecule has 3 aromatic rings. The minimum atomic E-state index is -2.05. The topological polar surface area (TPSA) is 97.3 Å². The summed E-state index contributed by atoms with van der Waals surface area (Å²) < 4.78 is 22.3. The highest BCUT2D eigenvalue weighted by molar-refractivity contribution is 6.74. The van der Waals surface area contributed by atoms with Gasteiger partial charge in [-0.05, 0) is 36.3 Å². The third-order valence-electron chi connectivity index (χ3n) is 8.64. The van der Waals surface area contributed by atoms with E-state index in [9.17, 15) is 0 Å². The highest BCUT2D eigenvalue weighted by Crippen LogP contribution is 2.43. The van der Waals surface area contributed by atoms with Crippen molar-refractivity contribution in [2.75, 3.05) is 12.3 Å². The van der Waals surface area contributed by atoms with E-state index in [1.54, 1.807) is 6.33 Å². The molecule has 3 unspecified atom stereocenters. The van der Waals surface area contributed by atoms with Crippen LogP contribution in [0.5, 0.6) is 0 Å². The number of anilines is 1. The van der Waals surface area contributed by atoms with Gasteiger partial charge in [-0.15, -0.1) is 0 Å². The van der Waals surface area contributed by atoms with Gasteiger partial charge in [0.05, 0.1) is 19.0 Å². The molecule has 2 aromatic heterocycles. The van der Waals surface area contributed by atoms with E-state index < -0.39 is 16.6 Å². The van der Waals surface area contributed by atoms with Crippen molar-refractivity contribution in [1.82, 2.24) is 19.5 Å². The van der Waals surface area contributed by atoms with Crippen LogP contribution in [-0.2, 0) is 13.6 Å². The van der Waals surface area contributed by atoms with E-state index in [0.29, 0.717) is 24.2 Å². The Morgan fingerprint density at radius 1 is 0.974 bits per heavy atom. The first-order valence-corrected chi connectivity index (χ1v) is 19.3. The molecule has 1 fully saturated rings. The summed E-state index contributed by atoms with van der Waals surface area (Å²) in [5.41, 5.74) is 9.21. The van der Waals surface area contributed by atoms with Crippen LogP contribution in [0, 0.1) is 0 Å². The minimum absolute atomic E-state index is 0.0871. The molecular weight excluding hydrogens is 511 g/mol. The van der Waals surface area contributed by atoms with Gasteiger partial charge >= 0.3 is 0 Å².